The predicted octanol–water partition coefficient (Wildman–Crippen LogP) is 7.66. The molecule has 0 bridgehead atoms. The topological polar surface area (TPSA) is 9.23 Å². The zero-order chi connectivity index (χ0) is 21.7. The summed E-state index contributed by atoms with van der Waals surface area (Å²) in [7, 11) is 0. The van der Waals surface area contributed by atoms with Crippen molar-refractivity contribution in [3.05, 3.63) is 76.4 Å². The maximum atomic E-state index is 14.5. The summed E-state index contributed by atoms with van der Waals surface area (Å²) in [5, 5.41) is 0. The zero-order valence-corrected chi connectivity index (χ0v) is 17.2. The fourth-order valence-electron chi connectivity index (χ4n) is 4.01. The Morgan fingerprint density at radius 1 is 0.833 bits per heavy atom. The number of hydrogen-bond donors (Lipinski definition) is 0. The summed E-state index contributed by atoms with van der Waals surface area (Å²) >= 11 is 0. The smallest absolute Gasteiger partial charge is 0.200 e. The Balaban J connectivity index is 1.65. The molecule has 1 aliphatic rings. The van der Waals surface area contributed by atoms with Gasteiger partial charge in [-0.1, -0.05) is 42.5 Å². The van der Waals surface area contributed by atoms with Gasteiger partial charge in [-0.25, -0.2) is 13.2 Å². The zero-order valence-electron chi connectivity index (χ0n) is 17.2. The van der Waals surface area contributed by atoms with Crippen LogP contribution in [0.3, 0.4) is 0 Å². The molecule has 5 heteroatoms. The first kappa shape index (κ1) is 22.1. The molecule has 0 spiro atoms. The van der Waals surface area contributed by atoms with Crippen LogP contribution in [-0.2, 0) is 0 Å². The summed E-state index contributed by atoms with van der Waals surface area (Å²) in [6.45, 7) is 3.74. The third kappa shape index (κ3) is 4.77. The van der Waals surface area contributed by atoms with Crippen LogP contribution < -0.4 is 4.74 Å². The predicted molar refractivity (Wildman–Crippen MR) is 112 cm³/mol. The number of benzene rings is 2. The van der Waals surface area contributed by atoms with Crippen molar-refractivity contribution in [2.45, 2.75) is 45.4 Å². The van der Waals surface area contributed by atoms with Crippen LogP contribution in [0, 0.1) is 29.2 Å². The van der Waals surface area contributed by atoms with Gasteiger partial charge < -0.3 is 4.74 Å². The Hall–Kier alpha value is -2.56. The van der Waals surface area contributed by atoms with E-state index in [2.05, 4.69) is 0 Å². The van der Waals surface area contributed by atoms with Gasteiger partial charge in [0.05, 0.1) is 6.61 Å². The quantitative estimate of drug-likeness (QED) is 0.438. The summed E-state index contributed by atoms with van der Waals surface area (Å²) in [5.74, 6) is -3.42. The lowest BCUT2D eigenvalue weighted by molar-refractivity contribution is 0.310. The molecule has 30 heavy (non-hydrogen) atoms. The summed E-state index contributed by atoms with van der Waals surface area (Å²) < 4.78 is 62.0. The second-order valence-corrected chi connectivity index (χ2v) is 7.56. The maximum absolute atomic E-state index is 14.5. The monoisotopic (exact) mass is 418 g/mol. The SMILES string of the molecule is C/C=C/c1ccc(/C=C/C2CCC(c3ccc(OCC)c(F)c3F)CC2)c(F)c1F. The number of halogens is 4. The average molecular weight is 418 g/mol. The number of allylic oxidation sites excluding steroid dienone is 2. The molecule has 3 rings (SSSR count). The van der Waals surface area contributed by atoms with Crippen molar-refractivity contribution in [3.8, 4) is 5.75 Å². The van der Waals surface area contributed by atoms with Crippen molar-refractivity contribution >= 4 is 12.2 Å². The summed E-state index contributed by atoms with van der Waals surface area (Å²) in [6, 6.07) is 6.21. The Labute approximate surface area is 175 Å². The van der Waals surface area contributed by atoms with Crippen LogP contribution >= 0.6 is 0 Å². The molecular formula is C25H26F4O. The molecule has 1 fully saturated rings. The minimum Gasteiger partial charge on any atom is -0.491 e. The molecule has 0 heterocycles. The van der Waals surface area contributed by atoms with Crippen LogP contribution in [0.25, 0.3) is 12.2 Å². The van der Waals surface area contributed by atoms with Crippen molar-refractivity contribution in [3.63, 3.8) is 0 Å². The van der Waals surface area contributed by atoms with E-state index < -0.39 is 23.3 Å². The van der Waals surface area contributed by atoms with Crippen molar-refractivity contribution in [1.29, 1.82) is 0 Å². The molecular weight excluding hydrogens is 392 g/mol. The number of rotatable bonds is 6. The van der Waals surface area contributed by atoms with Crippen molar-refractivity contribution in [2.24, 2.45) is 5.92 Å². The van der Waals surface area contributed by atoms with E-state index in [1.54, 1.807) is 44.2 Å². The Morgan fingerprint density at radius 2 is 1.47 bits per heavy atom. The van der Waals surface area contributed by atoms with Crippen LogP contribution in [0.5, 0.6) is 5.75 Å². The van der Waals surface area contributed by atoms with Gasteiger partial charge in [0.15, 0.2) is 23.2 Å². The standard InChI is InChI=1S/C25H26F4O/c1-3-5-18-12-13-19(23(27)22(18)26)11-8-16-6-9-17(10-7-16)20-14-15-21(30-4-2)25(29)24(20)28/h3,5,8,11-17H,4,6-7,9-10H2,1-2H3/b5-3+,11-8+. The highest BCUT2D eigenvalue weighted by atomic mass is 19.2. The molecule has 160 valence electrons. The van der Waals surface area contributed by atoms with E-state index in [4.69, 9.17) is 4.74 Å². The van der Waals surface area contributed by atoms with E-state index >= 15 is 0 Å². The molecule has 1 nitrogen and oxygen atoms in total. The number of hydrogen-bond acceptors (Lipinski definition) is 1. The van der Waals surface area contributed by atoms with Gasteiger partial charge in [-0.05, 0) is 63.0 Å². The molecule has 0 aromatic heterocycles. The molecule has 0 saturated heterocycles. The normalized spacial score (nSPS) is 19.7. The third-order valence-corrected chi connectivity index (χ3v) is 5.62. The molecule has 0 radical (unpaired) electrons. The van der Waals surface area contributed by atoms with Crippen molar-refractivity contribution < 1.29 is 22.3 Å². The van der Waals surface area contributed by atoms with Gasteiger partial charge in [-0.3, -0.25) is 0 Å². The first-order valence-corrected chi connectivity index (χ1v) is 10.4. The van der Waals surface area contributed by atoms with E-state index in [0.29, 0.717) is 18.4 Å². The molecule has 0 N–H and O–H groups in total. The lowest BCUT2D eigenvalue weighted by Crippen LogP contribution is -2.14. The van der Waals surface area contributed by atoms with Gasteiger partial charge in [-0.2, -0.15) is 4.39 Å². The van der Waals surface area contributed by atoms with Gasteiger partial charge in [0.2, 0.25) is 5.82 Å². The molecule has 2 aromatic carbocycles. The molecule has 1 aliphatic carbocycles. The molecule has 0 unspecified atom stereocenters. The minimum absolute atomic E-state index is 0.0610. The second-order valence-electron chi connectivity index (χ2n) is 7.56. The largest absolute Gasteiger partial charge is 0.491 e. The lowest BCUT2D eigenvalue weighted by Gasteiger charge is -2.27. The van der Waals surface area contributed by atoms with E-state index in [1.807, 2.05) is 6.08 Å². The highest BCUT2D eigenvalue weighted by molar-refractivity contribution is 5.57. The van der Waals surface area contributed by atoms with Crippen molar-refractivity contribution in [1.82, 2.24) is 0 Å². The third-order valence-electron chi connectivity index (χ3n) is 5.62. The average Bonchev–Trinajstić information content (AvgIpc) is 2.75. The van der Waals surface area contributed by atoms with Crippen LogP contribution in [0.2, 0.25) is 0 Å². The summed E-state index contributed by atoms with van der Waals surface area (Å²) in [4.78, 5) is 0. The van der Waals surface area contributed by atoms with Gasteiger partial charge in [-0.15, -0.1) is 0 Å². The van der Waals surface area contributed by atoms with Gasteiger partial charge in [0.25, 0.3) is 0 Å². The van der Waals surface area contributed by atoms with Crippen LogP contribution in [0.1, 0.15) is 62.1 Å². The summed E-state index contributed by atoms with van der Waals surface area (Å²) in [6.07, 6.45) is 9.64. The van der Waals surface area contributed by atoms with Crippen molar-refractivity contribution in [2.75, 3.05) is 6.61 Å². The Morgan fingerprint density at radius 3 is 2.07 bits per heavy atom. The van der Waals surface area contributed by atoms with Crippen LogP contribution in [-0.4, -0.2) is 6.61 Å². The van der Waals surface area contributed by atoms with E-state index in [1.165, 1.54) is 12.1 Å². The summed E-state index contributed by atoms with van der Waals surface area (Å²) in [5.41, 5.74) is 0.811. The van der Waals surface area contributed by atoms with E-state index in [0.717, 1.165) is 12.8 Å². The highest BCUT2D eigenvalue weighted by Crippen LogP contribution is 2.39. The molecule has 1 saturated carbocycles. The molecule has 0 aliphatic heterocycles. The molecule has 2 aromatic rings. The Kier molecular flexibility index (Phi) is 7.35. The Bertz CT molecular complexity index is 941. The molecule has 0 amide bonds. The first-order chi connectivity index (χ1) is 14.5. The van der Waals surface area contributed by atoms with Gasteiger partial charge in [0.1, 0.15) is 0 Å². The fourth-order valence-corrected chi connectivity index (χ4v) is 4.01. The second kappa shape index (κ2) is 9.96. The maximum Gasteiger partial charge on any atom is 0.200 e. The van der Waals surface area contributed by atoms with Gasteiger partial charge in [0, 0.05) is 11.1 Å². The van der Waals surface area contributed by atoms with Crippen LogP contribution in [0.4, 0.5) is 17.6 Å². The fraction of sp³-hybridized carbons (Fsp3) is 0.360. The highest BCUT2D eigenvalue weighted by Gasteiger charge is 2.26. The molecule has 0 atom stereocenters. The van der Waals surface area contributed by atoms with Gasteiger partial charge >= 0.3 is 0 Å². The van der Waals surface area contributed by atoms with E-state index in [9.17, 15) is 17.6 Å². The first-order valence-electron chi connectivity index (χ1n) is 10.4. The minimum atomic E-state index is -0.935. The lowest BCUT2D eigenvalue weighted by atomic mass is 9.78. The van der Waals surface area contributed by atoms with Crippen LogP contribution in [0.15, 0.2) is 36.4 Å². The number of ether oxygens (including phenoxy) is 1. The van der Waals surface area contributed by atoms with E-state index in [-0.39, 0.29) is 35.3 Å².